The molecule has 9 nitrogen and oxygen atoms in total. The van der Waals surface area contributed by atoms with Gasteiger partial charge in [0.15, 0.2) is 0 Å². The Morgan fingerprint density at radius 1 is 1.00 bits per heavy atom. The van der Waals surface area contributed by atoms with E-state index < -0.39 is 47.9 Å². The van der Waals surface area contributed by atoms with Crippen LogP contribution in [0.2, 0.25) is 0 Å². The van der Waals surface area contributed by atoms with E-state index in [1.54, 1.807) is 13.8 Å². The number of aliphatic carboxylic acids is 1. The van der Waals surface area contributed by atoms with Crippen LogP contribution in [-0.4, -0.2) is 70.7 Å². The lowest BCUT2D eigenvalue weighted by molar-refractivity contribution is -0.143. The number of benzene rings is 1. The molecule has 0 aliphatic rings. The van der Waals surface area contributed by atoms with Crippen molar-refractivity contribution in [2.45, 2.75) is 50.9 Å². The minimum atomic E-state index is -1.15. The lowest BCUT2D eigenvalue weighted by Gasteiger charge is -2.25. The van der Waals surface area contributed by atoms with Crippen LogP contribution in [0.15, 0.2) is 30.3 Å². The summed E-state index contributed by atoms with van der Waals surface area (Å²) in [5, 5.41) is 17.0. The van der Waals surface area contributed by atoms with E-state index in [2.05, 4.69) is 28.6 Å². The van der Waals surface area contributed by atoms with Crippen molar-refractivity contribution in [1.29, 1.82) is 0 Å². The van der Waals surface area contributed by atoms with Gasteiger partial charge in [0, 0.05) is 5.75 Å². The van der Waals surface area contributed by atoms with Crippen molar-refractivity contribution in [2.24, 2.45) is 11.7 Å². The molecule has 0 saturated heterocycles. The fourth-order valence-corrected chi connectivity index (χ4v) is 3.71. The first-order valence-electron chi connectivity index (χ1n) is 10.6. The summed E-state index contributed by atoms with van der Waals surface area (Å²) in [7, 11) is 0. The standard InChI is InChI=1S/C22H34N4O5S2/c1-13(2)18(22(30)31)26-20(28)16(9-10-33-3)24-21(29)17(12-32)25-19(27)15(23)11-14-7-5-4-6-8-14/h4-8,13,15-18,32H,9-12,23H2,1-3H3,(H,24,29)(H,25,27)(H,26,28)(H,30,31). The zero-order chi connectivity index (χ0) is 25.0. The number of hydrogen-bond acceptors (Lipinski definition) is 7. The SMILES string of the molecule is CSCCC(NC(=O)C(CS)NC(=O)C(N)Cc1ccccc1)C(=O)NC(C(=O)O)C(C)C. The smallest absolute Gasteiger partial charge is 0.326 e. The molecule has 1 rings (SSSR count). The molecular weight excluding hydrogens is 464 g/mol. The first kappa shape index (κ1) is 28.8. The number of carbonyl (C=O) groups is 4. The highest BCUT2D eigenvalue weighted by atomic mass is 32.2. The van der Waals surface area contributed by atoms with Gasteiger partial charge in [0.2, 0.25) is 17.7 Å². The summed E-state index contributed by atoms with van der Waals surface area (Å²) in [4.78, 5) is 49.5. The van der Waals surface area contributed by atoms with Crippen LogP contribution in [0.4, 0.5) is 0 Å². The summed E-state index contributed by atoms with van der Waals surface area (Å²) < 4.78 is 0. The molecule has 11 heteroatoms. The van der Waals surface area contributed by atoms with E-state index in [9.17, 15) is 24.3 Å². The Labute approximate surface area is 204 Å². The van der Waals surface area contributed by atoms with Crippen LogP contribution in [-0.2, 0) is 25.6 Å². The van der Waals surface area contributed by atoms with Crippen LogP contribution in [0.25, 0.3) is 0 Å². The molecule has 0 spiro atoms. The molecule has 1 aromatic rings. The molecule has 4 unspecified atom stereocenters. The van der Waals surface area contributed by atoms with Gasteiger partial charge < -0.3 is 26.8 Å². The largest absolute Gasteiger partial charge is 0.480 e. The summed E-state index contributed by atoms with van der Waals surface area (Å²) in [5.41, 5.74) is 6.88. The van der Waals surface area contributed by atoms with Crippen LogP contribution < -0.4 is 21.7 Å². The number of carboxylic acids is 1. The van der Waals surface area contributed by atoms with E-state index in [1.165, 1.54) is 11.8 Å². The Hall–Kier alpha value is -2.24. The van der Waals surface area contributed by atoms with Crippen LogP contribution in [0, 0.1) is 5.92 Å². The number of thioether (sulfide) groups is 1. The van der Waals surface area contributed by atoms with E-state index in [0.717, 1.165) is 5.56 Å². The second-order valence-corrected chi connectivity index (χ2v) is 9.30. The molecule has 33 heavy (non-hydrogen) atoms. The Bertz CT molecular complexity index is 794. The maximum atomic E-state index is 12.8. The molecule has 0 aliphatic carbocycles. The van der Waals surface area contributed by atoms with E-state index in [1.807, 2.05) is 36.6 Å². The summed E-state index contributed by atoms with van der Waals surface area (Å²) in [6.45, 7) is 3.36. The third kappa shape index (κ3) is 10.1. The molecule has 1 aromatic carbocycles. The van der Waals surface area contributed by atoms with Crippen LogP contribution in [0.5, 0.6) is 0 Å². The van der Waals surface area contributed by atoms with Gasteiger partial charge in [0.1, 0.15) is 18.1 Å². The Morgan fingerprint density at radius 2 is 1.58 bits per heavy atom. The van der Waals surface area contributed by atoms with Gasteiger partial charge in [0.05, 0.1) is 6.04 Å². The highest BCUT2D eigenvalue weighted by Crippen LogP contribution is 2.07. The maximum Gasteiger partial charge on any atom is 0.326 e. The first-order chi connectivity index (χ1) is 15.6. The predicted octanol–water partition coefficient (Wildman–Crippen LogP) is 0.434. The zero-order valence-electron chi connectivity index (χ0n) is 19.1. The molecule has 6 N–H and O–H groups in total. The van der Waals surface area contributed by atoms with Crippen molar-refractivity contribution >= 4 is 48.1 Å². The number of thiol groups is 1. The third-order valence-corrected chi connectivity index (χ3v) is 5.93. The quantitative estimate of drug-likeness (QED) is 0.204. The highest BCUT2D eigenvalue weighted by Gasteiger charge is 2.30. The maximum absolute atomic E-state index is 12.8. The Morgan fingerprint density at radius 3 is 2.09 bits per heavy atom. The number of rotatable bonds is 14. The van der Waals surface area contributed by atoms with E-state index in [-0.39, 0.29) is 11.7 Å². The van der Waals surface area contributed by atoms with E-state index >= 15 is 0 Å². The molecule has 4 atom stereocenters. The zero-order valence-corrected chi connectivity index (χ0v) is 20.8. The predicted molar refractivity (Wildman–Crippen MR) is 133 cm³/mol. The summed E-state index contributed by atoms with van der Waals surface area (Å²) in [6, 6.07) is 5.35. The average Bonchev–Trinajstić information content (AvgIpc) is 2.78. The van der Waals surface area contributed by atoms with Gasteiger partial charge in [-0.1, -0.05) is 44.2 Å². The van der Waals surface area contributed by atoms with E-state index in [4.69, 9.17) is 5.73 Å². The topological polar surface area (TPSA) is 151 Å². The normalized spacial score (nSPS) is 14.6. The lowest BCUT2D eigenvalue weighted by Crippen LogP contribution is -2.58. The molecule has 0 heterocycles. The van der Waals surface area contributed by atoms with Crippen molar-refractivity contribution in [3.8, 4) is 0 Å². The number of nitrogens with one attached hydrogen (secondary N) is 3. The van der Waals surface area contributed by atoms with Gasteiger partial charge in [-0.3, -0.25) is 14.4 Å². The number of amides is 3. The third-order valence-electron chi connectivity index (χ3n) is 4.92. The summed E-state index contributed by atoms with van der Waals surface area (Å²) >= 11 is 5.64. The van der Waals surface area contributed by atoms with Crippen LogP contribution in [0.1, 0.15) is 25.8 Å². The van der Waals surface area contributed by atoms with E-state index in [0.29, 0.717) is 18.6 Å². The monoisotopic (exact) mass is 498 g/mol. The molecule has 184 valence electrons. The number of nitrogens with two attached hydrogens (primary N) is 1. The lowest BCUT2D eigenvalue weighted by atomic mass is 10.0. The molecule has 0 aliphatic heterocycles. The number of carboxylic acid groups (broad SMARTS) is 1. The van der Waals surface area contributed by atoms with Crippen LogP contribution in [0.3, 0.4) is 0 Å². The summed E-state index contributed by atoms with van der Waals surface area (Å²) in [5.74, 6) is -2.62. The summed E-state index contributed by atoms with van der Waals surface area (Å²) in [6.07, 6.45) is 2.46. The van der Waals surface area contributed by atoms with Crippen molar-refractivity contribution in [3.05, 3.63) is 35.9 Å². The molecule has 0 fully saturated rings. The molecule has 0 radical (unpaired) electrons. The van der Waals surface area contributed by atoms with Crippen molar-refractivity contribution in [1.82, 2.24) is 16.0 Å². The molecule has 0 bridgehead atoms. The van der Waals surface area contributed by atoms with Gasteiger partial charge in [-0.25, -0.2) is 4.79 Å². The number of carbonyl (C=O) groups excluding carboxylic acids is 3. The molecule has 0 aromatic heterocycles. The first-order valence-corrected chi connectivity index (χ1v) is 12.7. The van der Waals surface area contributed by atoms with Gasteiger partial charge in [-0.05, 0) is 36.3 Å². The minimum absolute atomic E-state index is 0.00373. The van der Waals surface area contributed by atoms with Crippen molar-refractivity contribution in [3.63, 3.8) is 0 Å². The Balaban J connectivity index is 2.80. The van der Waals surface area contributed by atoms with Crippen molar-refractivity contribution < 1.29 is 24.3 Å². The second-order valence-electron chi connectivity index (χ2n) is 7.95. The van der Waals surface area contributed by atoms with Gasteiger partial charge in [0.25, 0.3) is 0 Å². The fraction of sp³-hybridized carbons (Fsp3) is 0.545. The van der Waals surface area contributed by atoms with Crippen molar-refractivity contribution in [2.75, 3.05) is 17.8 Å². The average molecular weight is 499 g/mol. The minimum Gasteiger partial charge on any atom is -0.480 e. The molecular formula is C22H34N4O5S2. The number of hydrogen-bond donors (Lipinski definition) is 6. The molecule has 0 saturated carbocycles. The van der Waals surface area contributed by atoms with Gasteiger partial charge >= 0.3 is 5.97 Å². The molecule has 3 amide bonds. The fourth-order valence-electron chi connectivity index (χ4n) is 2.98. The van der Waals surface area contributed by atoms with Gasteiger partial charge in [-0.15, -0.1) is 0 Å². The Kier molecular flexibility index (Phi) is 12.9. The second kappa shape index (κ2) is 14.8. The van der Waals surface area contributed by atoms with Crippen LogP contribution >= 0.6 is 24.4 Å². The van der Waals surface area contributed by atoms with Gasteiger partial charge in [-0.2, -0.15) is 24.4 Å². The highest BCUT2D eigenvalue weighted by molar-refractivity contribution is 7.98.